The van der Waals surface area contributed by atoms with Crippen molar-refractivity contribution in [2.24, 2.45) is 0 Å². The van der Waals surface area contributed by atoms with Crippen molar-refractivity contribution in [1.29, 1.82) is 0 Å². The van der Waals surface area contributed by atoms with Crippen molar-refractivity contribution in [3.8, 4) is 12.3 Å². The molecule has 0 fully saturated rings. The molecule has 0 unspecified atom stereocenters. The van der Waals surface area contributed by atoms with Crippen LogP contribution in [0.3, 0.4) is 0 Å². The smallest absolute Gasteiger partial charge is 0.235 e. The fourth-order valence-corrected chi connectivity index (χ4v) is 1.26. The Morgan fingerprint density at radius 3 is 2.82 bits per heavy atom. The fraction of sp³-hybridized carbons (Fsp3) is 0. The van der Waals surface area contributed by atoms with Gasteiger partial charge in [0.1, 0.15) is 0 Å². The van der Waals surface area contributed by atoms with Crippen molar-refractivity contribution in [3.63, 3.8) is 0 Å². The van der Waals surface area contributed by atoms with E-state index in [1.165, 1.54) is 0 Å². The SMILES string of the molecule is C#CC(=O)c1cccc(I)c1. The normalized spacial score (nSPS) is 8.73. The Bertz CT molecular complexity index is 323. The summed E-state index contributed by atoms with van der Waals surface area (Å²) in [6, 6.07) is 7.20. The summed E-state index contributed by atoms with van der Waals surface area (Å²) in [5, 5.41) is 0. The van der Waals surface area contributed by atoms with E-state index in [1.807, 2.05) is 12.1 Å². The van der Waals surface area contributed by atoms with Crippen LogP contribution < -0.4 is 0 Å². The quantitative estimate of drug-likeness (QED) is 0.325. The van der Waals surface area contributed by atoms with Gasteiger partial charge < -0.3 is 0 Å². The lowest BCUT2D eigenvalue weighted by molar-refractivity contribution is 0.105. The standard InChI is InChI=1S/C9H5IO/c1-2-9(11)7-4-3-5-8(10)6-7/h1,3-6H. The Kier molecular flexibility index (Phi) is 2.66. The second-order valence-corrected chi connectivity index (χ2v) is 3.23. The molecule has 2 heteroatoms. The maximum atomic E-state index is 10.9. The van der Waals surface area contributed by atoms with Gasteiger partial charge in [-0.25, -0.2) is 0 Å². The molecule has 0 bridgehead atoms. The Labute approximate surface area is 78.9 Å². The molecule has 0 saturated carbocycles. The molecule has 0 amide bonds. The van der Waals surface area contributed by atoms with Crippen molar-refractivity contribution in [2.45, 2.75) is 0 Å². The topological polar surface area (TPSA) is 17.1 Å². The number of carbonyl (C=O) groups is 1. The molecule has 1 nitrogen and oxygen atoms in total. The third-order valence-corrected chi connectivity index (χ3v) is 1.89. The van der Waals surface area contributed by atoms with Crippen LogP contribution in [-0.4, -0.2) is 5.78 Å². The lowest BCUT2D eigenvalue weighted by Crippen LogP contribution is -1.93. The molecule has 0 radical (unpaired) electrons. The van der Waals surface area contributed by atoms with E-state index in [0.717, 1.165) is 3.57 Å². The van der Waals surface area contributed by atoms with E-state index >= 15 is 0 Å². The van der Waals surface area contributed by atoms with Crippen molar-refractivity contribution >= 4 is 28.4 Å². The van der Waals surface area contributed by atoms with E-state index < -0.39 is 0 Å². The summed E-state index contributed by atoms with van der Waals surface area (Å²) in [7, 11) is 0. The maximum Gasteiger partial charge on any atom is 0.235 e. The van der Waals surface area contributed by atoms with E-state index in [1.54, 1.807) is 12.1 Å². The van der Waals surface area contributed by atoms with E-state index in [0.29, 0.717) is 5.56 Å². The summed E-state index contributed by atoms with van der Waals surface area (Å²) < 4.78 is 1.02. The predicted octanol–water partition coefficient (Wildman–Crippen LogP) is 2.11. The average molecular weight is 256 g/mol. The minimum atomic E-state index is -0.261. The van der Waals surface area contributed by atoms with Gasteiger partial charge in [0, 0.05) is 9.13 Å². The Hall–Kier alpha value is -0.820. The number of benzene rings is 1. The minimum Gasteiger partial charge on any atom is -0.279 e. The zero-order chi connectivity index (χ0) is 8.27. The molecule has 0 aromatic heterocycles. The van der Waals surface area contributed by atoms with Crippen LogP contribution in [0.25, 0.3) is 0 Å². The van der Waals surface area contributed by atoms with Gasteiger partial charge in [-0.2, -0.15) is 0 Å². The van der Waals surface area contributed by atoms with Gasteiger partial charge in [0.25, 0.3) is 0 Å². The van der Waals surface area contributed by atoms with Crippen LogP contribution in [0, 0.1) is 15.9 Å². The highest BCUT2D eigenvalue weighted by Crippen LogP contribution is 2.07. The van der Waals surface area contributed by atoms with Gasteiger partial charge >= 0.3 is 0 Å². The summed E-state index contributed by atoms with van der Waals surface area (Å²) >= 11 is 2.13. The second kappa shape index (κ2) is 3.54. The molecular weight excluding hydrogens is 251 g/mol. The van der Waals surface area contributed by atoms with Crippen LogP contribution in [0.1, 0.15) is 10.4 Å². The first-order chi connectivity index (χ1) is 5.24. The summed E-state index contributed by atoms with van der Waals surface area (Å²) in [5.41, 5.74) is 0.583. The summed E-state index contributed by atoms with van der Waals surface area (Å²) in [5.74, 6) is 1.81. The van der Waals surface area contributed by atoms with Gasteiger partial charge in [-0.15, -0.1) is 6.42 Å². The number of terminal acetylenes is 1. The van der Waals surface area contributed by atoms with Crippen LogP contribution in [0.4, 0.5) is 0 Å². The molecule has 0 aliphatic heterocycles. The maximum absolute atomic E-state index is 10.9. The number of halogens is 1. The van der Waals surface area contributed by atoms with E-state index in [-0.39, 0.29) is 5.78 Å². The van der Waals surface area contributed by atoms with Gasteiger partial charge in [0.05, 0.1) is 0 Å². The van der Waals surface area contributed by atoms with Crippen molar-refractivity contribution < 1.29 is 4.79 Å². The van der Waals surface area contributed by atoms with Crippen LogP contribution in [-0.2, 0) is 0 Å². The van der Waals surface area contributed by atoms with Gasteiger partial charge in [0.2, 0.25) is 5.78 Å². The molecule has 1 aromatic carbocycles. The largest absolute Gasteiger partial charge is 0.279 e. The molecule has 11 heavy (non-hydrogen) atoms. The first-order valence-corrected chi connectivity index (χ1v) is 4.08. The van der Waals surface area contributed by atoms with Gasteiger partial charge in [-0.05, 0) is 40.6 Å². The van der Waals surface area contributed by atoms with Gasteiger partial charge in [-0.1, -0.05) is 12.1 Å². The zero-order valence-electron chi connectivity index (χ0n) is 5.67. The van der Waals surface area contributed by atoms with Crippen LogP contribution in [0.2, 0.25) is 0 Å². The highest BCUT2D eigenvalue weighted by molar-refractivity contribution is 14.1. The molecule has 0 saturated heterocycles. The lowest BCUT2D eigenvalue weighted by atomic mass is 10.1. The molecule has 0 spiro atoms. The highest BCUT2D eigenvalue weighted by atomic mass is 127. The number of carbonyl (C=O) groups excluding carboxylic acids is 1. The van der Waals surface area contributed by atoms with Gasteiger partial charge in [-0.3, -0.25) is 4.79 Å². The third-order valence-electron chi connectivity index (χ3n) is 1.22. The number of ketones is 1. The molecule has 0 aliphatic rings. The average Bonchev–Trinajstić information content (AvgIpc) is 2.03. The van der Waals surface area contributed by atoms with E-state index in [2.05, 4.69) is 28.5 Å². The van der Waals surface area contributed by atoms with Crippen LogP contribution in [0.15, 0.2) is 24.3 Å². The van der Waals surface area contributed by atoms with E-state index in [9.17, 15) is 4.79 Å². The third kappa shape index (κ3) is 2.05. The molecule has 0 N–H and O–H groups in total. The number of rotatable bonds is 1. The number of hydrogen-bond donors (Lipinski definition) is 0. The summed E-state index contributed by atoms with van der Waals surface area (Å²) in [4.78, 5) is 10.9. The molecule has 1 rings (SSSR count). The van der Waals surface area contributed by atoms with Crippen LogP contribution >= 0.6 is 22.6 Å². The summed E-state index contributed by atoms with van der Waals surface area (Å²) in [6.07, 6.45) is 4.95. The molecule has 54 valence electrons. The van der Waals surface area contributed by atoms with Crippen molar-refractivity contribution in [3.05, 3.63) is 33.4 Å². The lowest BCUT2D eigenvalue weighted by Gasteiger charge is -1.93. The Balaban J connectivity index is 3.08. The number of Topliss-reactive ketones (excluding diaryl/α,β-unsaturated/α-hetero) is 1. The molecule has 1 aromatic rings. The van der Waals surface area contributed by atoms with Crippen molar-refractivity contribution in [1.82, 2.24) is 0 Å². The monoisotopic (exact) mass is 256 g/mol. The highest BCUT2D eigenvalue weighted by Gasteiger charge is 1.99. The first-order valence-electron chi connectivity index (χ1n) is 3.00. The number of hydrogen-bond acceptors (Lipinski definition) is 1. The van der Waals surface area contributed by atoms with Crippen molar-refractivity contribution in [2.75, 3.05) is 0 Å². The zero-order valence-corrected chi connectivity index (χ0v) is 7.83. The fourth-order valence-electron chi connectivity index (χ4n) is 0.713. The second-order valence-electron chi connectivity index (χ2n) is 1.98. The predicted molar refractivity (Wildman–Crippen MR) is 52.3 cm³/mol. The van der Waals surface area contributed by atoms with Crippen LogP contribution in [0.5, 0.6) is 0 Å². The molecule has 0 atom stereocenters. The molecule has 0 aliphatic carbocycles. The summed E-state index contributed by atoms with van der Waals surface area (Å²) in [6.45, 7) is 0. The molecule has 0 heterocycles. The van der Waals surface area contributed by atoms with E-state index in [4.69, 9.17) is 6.42 Å². The molecular formula is C9H5IO. The van der Waals surface area contributed by atoms with Gasteiger partial charge in [0.15, 0.2) is 0 Å². The first kappa shape index (κ1) is 8.28. The minimum absolute atomic E-state index is 0.261. The Morgan fingerprint density at radius 1 is 1.55 bits per heavy atom. The Morgan fingerprint density at radius 2 is 2.27 bits per heavy atom.